The number of hydrogen-bond acceptors (Lipinski definition) is 4. The van der Waals surface area contributed by atoms with Crippen molar-refractivity contribution >= 4 is 43.7 Å². The number of nitrogens with zero attached hydrogens (tertiary/aromatic N) is 4. The van der Waals surface area contributed by atoms with E-state index in [-0.39, 0.29) is 5.41 Å². The van der Waals surface area contributed by atoms with E-state index in [0.717, 1.165) is 72.0 Å². The lowest BCUT2D eigenvalue weighted by atomic mass is 9.81. The van der Waals surface area contributed by atoms with Crippen LogP contribution in [0, 0.1) is 0 Å². The molecule has 0 saturated heterocycles. The third-order valence-corrected chi connectivity index (χ3v) is 15.8. The van der Waals surface area contributed by atoms with Crippen molar-refractivity contribution in [3.8, 4) is 95.5 Å². The first kappa shape index (κ1) is 44.5. The Morgan fingerprint density at radius 2 is 0.831 bits per heavy atom. The summed E-state index contributed by atoms with van der Waals surface area (Å²) in [7, 11) is 0. The van der Waals surface area contributed by atoms with Gasteiger partial charge in [0, 0.05) is 54.9 Å². The van der Waals surface area contributed by atoms with E-state index in [2.05, 4.69) is 219 Å². The van der Waals surface area contributed by atoms with Crippen LogP contribution in [0.25, 0.3) is 139 Å². The molecule has 0 aliphatic heterocycles. The molecular formula is C72H48N4O. The third-order valence-electron chi connectivity index (χ3n) is 15.8. The lowest BCUT2D eigenvalue weighted by Gasteiger charge is -2.22. The maximum atomic E-state index is 6.32. The lowest BCUT2D eigenvalue weighted by Crippen LogP contribution is -2.14. The van der Waals surface area contributed by atoms with Gasteiger partial charge in [-0.3, -0.25) is 0 Å². The smallest absolute Gasteiger partial charge is 0.164 e. The number of hydrogen-bond donors (Lipinski definition) is 0. The summed E-state index contributed by atoms with van der Waals surface area (Å²) in [5, 5.41) is 4.55. The molecule has 1 aliphatic rings. The molecule has 5 heteroatoms. The molecule has 0 bridgehead atoms. The average molecular weight is 985 g/mol. The maximum Gasteiger partial charge on any atom is 0.164 e. The highest BCUT2D eigenvalue weighted by atomic mass is 16.3. The molecule has 0 radical (unpaired) electrons. The highest BCUT2D eigenvalue weighted by Crippen LogP contribution is 2.50. The summed E-state index contributed by atoms with van der Waals surface area (Å²) >= 11 is 0. The molecule has 362 valence electrons. The van der Waals surface area contributed by atoms with E-state index in [9.17, 15) is 0 Å². The Bertz CT molecular complexity index is 4660. The molecule has 0 amide bonds. The van der Waals surface area contributed by atoms with Crippen LogP contribution in [0.2, 0.25) is 0 Å². The van der Waals surface area contributed by atoms with E-state index in [1.807, 2.05) is 54.6 Å². The SMILES string of the molecule is CC1(C)c2ccccc2-c2ccc(-c3cc(-c4ccccc4)cc(-c4cccc5c6ccccc6n(-c6cccc(-c7cccc(-c8nc(-c9ccccc9)nc(-c9ccc%10c(c9)oc9ccccc9%10)n8)c7)c6)c45)c3)cc21. The molecule has 0 saturated carbocycles. The molecule has 0 fully saturated rings. The zero-order valence-electron chi connectivity index (χ0n) is 42.4. The highest BCUT2D eigenvalue weighted by Gasteiger charge is 2.35. The first-order valence-corrected chi connectivity index (χ1v) is 26.3. The molecule has 1 aliphatic carbocycles. The van der Waals surface area contributed by atoms with Gasteiger partial charge in [-0.05, 0) is 128 Å². The van der Waals surface area contributed by atoms with Gasteiger partial charge in [0.15, 0.2) is 17.5 Å². The summed E-state index contributed by atoms with van der Waals surface area (Å²) in [6.07, 6.45) is 0. The molecule has 3 aromatic heterocycles. The Hall–Kier alpha value is -9.97. The van der Waals surface area contributed by atoms with E-state index in [1.165, 1.54) is 60.8 Å². The largest absolute Gasteiger partial charge is 0.456 e. The molecular weight excluding hydrogens is 937 g/mol. The van der Waals surface area contributed by atoms with Crippen molar-refractivity contribution in [1.82, 2.24) is 19.5 Å². The van der Waals surface area contributed by atoms with Crippen molar-refractivity contribution in [2.45, 2.75) is 19.3 Å². The van der Waals surface area contributed by atoms with E-state index < -0.39 is 0 Å². The second-order valence-corrected chi connectivity index (χ2v) is 20.8. The number of benzene rings is 11. The molecule has 0 spiro atoms. The van der Waals surface area contributed by atoms with Crippen LogP contribution in [0.15, 0.2) is 259 Å². The summed E-state index contributed by atoms with van der Waals surface area (Å²) < 4.78 is 8.78. The molecule has 0 unspecified atom stereocenters. The summed E-state index contributed by atoms with van der Waals surface area (Å²) in [5.74, 6) is 1.78. The van der Waals surface area contributed by atoms with Crippen LogP contribution >= 0.6 is 0 Å². The minimum absolute atomic E-state index is 0.111. The topological polar surface area (TPSA) is 56.7 Å². The van der Waals surface area contributed by atoms with E-state index in [1.54, 1.807) is 0 Å². The Morgan fingerprint density at radius 3 is 1.65 bits per heavy atom. The molecule has 77 heavy (non-hydrogen) atoms. The lowest BCUT2D eigenvalue weighted by molar-refractivity contribution is 0.660. The van der Waals surface area contributed by atoms with Crippen molar-refractivity contribution in [2.75, 3.05) is 0 Å². The summed E-state index contributed by atoms with van der Waals surface area (Å²) in [6, 6.07) is 91.4. The second kappa shape index (κ2) is 17.6. The number of rotatable bonds is 8. The minimum Gasteiger partial charge on any atom is -0.456 e. The van der Waals surface area contributed by atoms with Gasteiger partial charge in [-0.25, -0.2) is 15.0 Å². The van der Waals surface area contributed by atoms with Crippen molar-refractivity contribution < 1.29 is 4.42 Å². The van der Waals surface area contributed by atoms with Gasteiger partial charge in [0.2, 0.25) is 0 Å². The maximum absolute atomic E-state index is 6.32. The Kier molecular flexibility index (Phi) is 10.2. The quantitative estimate of drug-likeness (QED) is 0.152. The molecule has 11 aromatic carbocycles. The normalized spacial score (nSPS) is 12.6. The fourth-order valence-electron chi connectivity index (χ4n) is 12.0. The van der Waals surface area contributed by atoms with Crippen LogP contribution in [-0.4, -0.2) is 19.5 Å². The summed E-state index contributed by atoms with van der Waals surface area (Å²) in [4.78, 5) is 15.4. The van der Waals surface area contributed by atoms with E-state index >= 15 is 0 Å². The van der Waals surface area contributed by atoms with E-state index in [4.69, 9.17) is 19.4 Å². The first-order chi connectivity index (χ1) is 37.9. The molecule has 3 heterocycles. The molecule has 14 aromatic rings. The fourth-order valence-corrected chi connectivity index (χ4v) is 12.0. The highest BCUT2D eigenvalue weighted by molar-refractivity contribution is 6.14. The van der Waals surface area contributed by atoms with Crippen LogP contribution in [0.1, 0.15) is 25.0 Å². The standard InChI is InChI=1S/C72H48N4O/c1-72(2)63-31-12-9-26-57(63)58-36-34-49(43-64(58)72)53-39-52(45-18-5-3-6-19-45)40-54(41-53)56-29-17-30-62-59-27-10-13-32-65(59)76(68(56)62)55-25-16-23-48(42-55)47-22-15-24-50(38-47)70-73-69(46-20-7-4-8-21-46)74-71(75-70)51-35-37-61-60-28-11-14-33-66(60)77-67(61)44-51/h3-44H,1-2H3. The van der Waals surface area contributed by atoms with Gasteiger partial charge in [-0.15, -0.1) is 0 Å². The van der Waals surface area contributed by atoms with Crippen molar-refractivity contribution in [2.24, 2.45) is 0 Å². The zero-order chi connectivity index (χ0) is 51.2. The van der Waals surface area contributed by atoms with Crippen LogP contribution in [0.4, 0.5) is 0 Å². The summed E-state index contributed by atoms with van der Waals surface area (Å²) in [6.45, 7) is 4.72. The van der Waals surface area contributed by atoms with Gasteiger partial charge in [-0.1, -0.05) is 202 Å². The zero-order valence-corrected chi connectivity index (χ0v) is 42.4. The number of para-hydroxylation sites is 3. The van der Waals surface area contributed by atoms with Crippen molar-refractivity contribution in [3.63, 3.8) is 0 Å². The number of fused-ring (bicyclic) bond motifs is 9. The second-order valence-electron chi connectivity index (χ2n) is 20.8. The van der Waals surface area contributed by atoms with Gasteiger partial charge in [-0.2, -0.15) is 0 Å². The van der Waals surface area contributed by atoms with Gasteiger partial charge in [0.1, 0.15) is 11.2 Å². The predicted octanol–water partition coefficient (Wildman–Crippen LogP) is 18.8. The van der Waals surface area contributed by atoms with Gasteiger partial charge >= 0.3 is 0 Å². The summed E-state index contributed by atoms with van der Waals surface area (Å²) in [5.41, 5.74) is 22.2. The van der Waals surface area contributed by atoms with Crippen molar-refractivity contribution in [1.29, 1.82) is 0 Å². The average Bonchev–Trinajstić information content (AvgIpc) is 4.13. The molecule has 0 atom stereocenters. The van der Waals surface area contributed by atoms with Gasteiger partial charge < -0.3 is 8.98 Å². The molecule has 0 N–H and O–H groups in total. The van der Waals surface area contributed by atoms with Crippen LogP contribution in [-0.2, 0) is 5.41 Å². The van der Waals surface area contributed by atoms with E-state index in [0.29, 0.717) is 17.5 Å². The van der Waals surface area contributed by atoms with Crippen LogP contribution < -0.4 is 0 Å². The third kappa shape index (κ3) is 7.42. The Labute approximate surface area is 446 Å². The minimum atomic E-state index is -0.111. The first-order valence-electron chi connectivity index (χ1n) is 26.3. The molecule has 15 rings (SSSR count). The Balaban J connectivity index is 0.861. The van der Waals surface area contributed by atoms with Crippen LogP contribution in [0.3, 0.4) is 0 Å². The fraction of sp³-hybridized carbons (Fsp3) is 0.0417. The van der Waals surface area contributed by atoms with Crippen molar-refractivity contribution in [3.05, 3.63) is 266 Å². The number of furan rings is 1. The van der Waals surface area contributed by atoms with Crippen LogP contribution in [0.5, 0.6) is 0 Å². The Morgan fingerprint density at radius 1 is 0.312 bits per heavy atom. The molecule has 5 nitrogen and oxygen atoms in total. The van der Waals surface area contributed by atoms with Gasteiger partial charge in [0.25, 0.3) is 0 Å². The predicted molar refractivity (Wildman–Crippen MR) is 317 cm³/mol. The van der Waals surface area contributed by atoms with Gasteiger partial charge in [0.05, 0.1) is 11.0 Å². The number of aromatic nitrogens is 4. The monoisotopic (exact) mass is 984 g/mol.